The number of esters is 1. The lowest BCUT2D eigenvalue weighted by Gasteiger charge is -2.27. The number of ether oxygens (including phenoxy) is 1. The Morgan fingerprint density at radius 1 is 0.767 bits per heavy atom. The van der Waals surface area contributed by atoms with Crippen LogP contribution in [0.3, 0.4) is 0 Å². The van der Waals surface area contributed by atoms with Gasteiger partial charge in [-0.25, -0.2) is 4.79 Å². The van der Waals surface area contributed by atoms with Crippen molar-refractivity contribution in [1.29, 1.82) is 0 Å². The summed E-state index contributed by atoms with van der Waals surface area (Å²) in [6.45, 7) is 3.86. The van der Waals surface area contributed by atoms with Crippen LogP contribution in [0.5, 0.6) is 0 Å². The summed E-state index contributed by atoms with van der Waals surface area (Å²) in [4.78, 5) is 26.2. The third kappa shape index (κ3) is 2.75. The Morgan fingerprint density at radius 2 is 1.33 bits per heavy atom. The van der Waals surface area contributed by atoms with Crippen molar-refractivity contribution in [3.63, 3.8) is 0 Å². The fourth-order valence-electron chi connectivity index (χ4n) is 4.15. The van der Waals surface area contributed by atoms with Crippen LogP contribution in [0.4, 0.5) is 0 Å². The van der Waals surface area contributed by atoms with Gasteiger partial charge in [0.15, 0.2) is 11.9 Å². The molecule has 1 aliphatic rings. The highest BCUT2D eigenvalue weighted by Gasteiger charge is 2.33. The van der Waals surface area contributed by atoms with E-state index in [-0.39, 0.29) is 5.78 Å². The predicted molar refractivity (Wildman–Crippen MR) is 118 cm³/mol. The molecule has 0 saturated carbocycles. The maximum Gasteiger partial charge on any atom is 0.339 e. The van der Waals surface area contributed by atoms with Gasteiger partial charge < -0.3 is 4.74 Å². The lowest BCUT2D eigenvalue weighted by Crippen LogP contribution is -2.23. The van der Waals surface area contributed by atoms with E-state index >= 15 is 0 Å². The van der Waals surface area contributed by atoms with Gasteiger partial charge in [0.05, 0.1) is 5.56 Å². The molecule has 144 valence electrons. The van der Waals surface area contributed by atoms with Crippen LogP contribution in [0.15, 0.2) is 91.5 Å². The van der Waals surface area contributed by atoms with Crippen molar-refractivity contribution in [3.8, 4) is 0 Å². The Bertz CT molecular complexity index is 1280. The van der Waals surface area contributed by atoms with Crippen LogP contribution in [0.1, 0.15) is 49.1 Å². The van der Waals surface area contributed by atoms with Crippen molar-refractivity contribution in [2.45, 2.75) is 6.10 Å². The summed E-state index contributed by atoms with van der Waals surface area (Å²) < 4.78 is 6.04. The van der Waals surface area contributed by atoms with E-state index in [1.54, 1.807) is 24.3 Å². The first kappa shape index (κ1) is 18.1. The van der Waals surface area contributed by atoms with Crippen LogP contribution in [0.2, 0.25) is 0 Å². The molecule has 3 nitrogen and oxygen atoms in total. The van der Waals surface area contributed by atoms with E-state index in [4.69, 9.17) is 4.74 Å². The number of rotatable bonds is 3. The van der Waals surface area contributed by atoms with Gasteiger partial charge in [-0.3, -0.25) is 4.79 Å². The van der Waals surface area contributed by atoms with Crippen molar-refractivity contribution < 1.29 is 14.3 Å². The minimum absolute atomic E-state index is 0.0470. The van der Waals surface area contributed by atoms with Gasteiger partial charge in [-0.2, -0.15) is 0 Å². The third-order valence-corrected chi connectivity index (χ3v) is 5.60. The van der Waals surface area contributed by atoms with E-state index in [2.05, 4.69) is 6.58 Å². The number of carbonyl (C=O) groups is 2. The molecule has 0 N–H and O–H groups in total. The molecule has 0 unspecified atom stereocenters. The largest absolute Gasteiger partial charge is 0.449 e. The summed E-state index contributed by atoms with van der Waals surface area (Å²) in [6.07, 6.45) is 1.14. The van der Waals surface area contributed by atoms with Gasteiger partial charge in [0.1, 0.15) is 0 Å². The SMILES string of the molecule is C=Cc1ccc(C(=O)OC2c3ccccc3C(=O)c3ccccc32)c2ccccc12. The van der Waals surface area contributed by atoms with Crippen molar-refractivity contribution in [2.75, 3.05) is 0 Å². The van der Waals surface area contributed by atoms with Gasteiger partial charge >= 0.3 is 5.97 Å². The highest BCUT2D eigenvalue weighted by atomic mass is 16.5. The lowest BCUT2D eigenvalue weighted by molar-refractivity contribution is 0.0371. The van der Waals surface area contributed by atoms with Crippen molar-refractivity contribution in [2.24, 2.45) is 0 Å². The zero-order chi connectivity index (χ0) is 20.7. The van der Waals surface area contributed by atoms with Crippen molar-refractivity contribution in [3.05, 3.63) is 125 Å². The Balaban J connectivity index is 1.62. The summed E-state index contributed by atoms with van der Waals surface area (Å²) in [5, 5.41) is 1.76. The number of carbonyl (C=O) groups excluding carboxylic acids is 2. The van der Waals surface area contributed by atoms with Crippen molar-refractivity contribution in [1.82, 2.24) is 0 Å². The molecule has 1 aliphatic carbocycles. The molecule has 0 atom stereocenters. The minimum atomic E-state index is -0.638. The average molecular weight is 390 g/mol. The number of hydrogen-bond acceptors (Lipinski definition) is 3. The summed E-state index contributed by atoms with van der Waals surface area (Å²) in [7, 11) is 0. The second kappa shape index (κ2) is 7.12. The summed E-state index contributed by atoms with van der Waals surface area (Å²) in [5.41, 5.74) is 4.01. The summed E-state index contributed by atoms with van der Waals surface area (Å²) in [5.74, 6) is -0.472. The molecule has 5 rings (SSSR count). The monoisotopic (exact) mass is 390 g/mol. The van der Waals surface area contributed by atoms with Crippen LogP contribution in [0.25, 0.3) is 16.8 Å². The number of hydrogen-bond donors (Lipinski definition) is 0. The van der Waals surface area contributed by atoms with Crippen molar-refractivity contribution >= 4 is 28.6 Å². The molecule has 30 heavy (non-hydrogen) atoms. The molecule has 0 saturated heterocycles. The highest BCUT2D eigenvalue weighted by Crippen LogP contribution is 2.38. The van der Waals surface area contributed by atoms with E-state index in [0.29, 0.717) is 27.8 Å². The van der Waals surface area contributed by atoms with Gasteiger partial charge in [0.25, 0.3) is 0 Å². The third-order valence-electron chi connectivity index (χ3n) is 5.60. The molecular weight excluding hydrogens is 372 g/mol. The number of benzene rings is 4. The predicted octanol–water partition coefficient (Wildman–Crippen LogP) is 5.97. The van der Waals surface area contributed by atoms with Gasteiger partial charge in [0.2, 0.25) is 0 Å². The van der Waals surface area contributed by atoms with Gasteiger partial charge in [-0.15, -0.1) is 0 Å². The maximum atomic E-state index is 13.3. The molecule has 4 aromatic rings. The smallest absolute Gasteiger partial charge is 0.339 e. The van der Waals surface area contributed by atoms with Crippen LogP contribution in [-0.4, -0.2) is 11.8 Å². The van der Waals surface area contributed by atoms with E-state index in [1.807, 2.05) is 66.7 Å². The number of ketones is 1. The van der Waals surface area contributed by atoms with Gasteiger partial charge in [-0.05, 0) is 22.4 Å². The normalized spacial score (nSPS) is 12.9. The standard InChI is InChI=1S/C27H18O3/c1-2-17-15-16-24(19-10-4-3-9-18(17)19)27(29)30-26-22-13-7-5-11-20(22)25(28)21-12-6-8-14-23(21)26/h2-16,26H,1H2. The van der Waals surface area contributed by atoms with Crippen LogP contribution < -0.4 is 0 Å². The molecule has 4 aromatic carbocycles. The number of fused-ring (bicyclic) bond motifs is 3. The first-order valence-electron chi connectivity index (χ1n) is 9.77. The van der Waals surface area contributed by atoms with E-state index in [1.165, 1.54) is 0 Å². The fourth-order valence-corrected chi connectivity index (χ4v) is 4.15. The summed E-state index contributed by atoms with van der Waals surface area (Å²) in [6, 6.07) is 26.0. The molecule has 0 aliphatic heterocycles. The Morgan fingerprint density at radius 3 is 1.97 bits per heavy atom. The molecule has 0 spiro atoms. The van der Waals surface area contributed by atoms with Crippen LogP contribution in [0, 0.1) is 0 Å². The van der Waals surface area contributed by atoms with Crippen LogP contribution in [-0.2, 0) is 4.74 Å². The highest BCUT2D eigenvalue weighted by molar-refractivity contribution is 6.13. The zero-order valence-corrected chi connectivity index (χ0v) is 16.2. The first-order chi connectivity index (χ1) is 14.7. The second-order valence-electron chi connectivity index (χ2n) is 7.24. The Kier molecular flexibility index (Phi) is 4.29. The van der Waals surface area contributed by atoms with Crippen LogP contribution >= 0.6 is 0 Å². The molecular formula is C27H18O3. The topological polar surface area (TPSA) is 43.4 Å². The Hall–Kier alpha value is -3.98. The molecule has 0 fully saturated rings. The first-order valence-corrected chi connectivity index (χ1v) is 9.77. The molecule has 0 radical (unpaired) electrons. The van der Waals surface area contributed by atoms with E-state index in [9.17, 15) is 9.59 Å². The molecule has 0 bridgehead atoms. The quantitative estimate of drug-likeness (QED) is 0.405. The zero-order valence-electron chi connectivity index (χ0n) is 16.2. The van der Waals surface area contributed by atoms with E-state index in [0.717, 1.165) is 16.3 Å². The lowest BCUT2D eigenvalue weighted by atomic mass is 9.83. The molecule has 3 heteroatoms. The summed E-state index contributed by atoms with van der Waals surface area (Å²) >= 11 is 0. The maximum absolute atomic E-state index is 13.3. The Labute approximate surface area is 174 Å². The fraction of sp³-hybridized carbons (Fsp3) is 0.0370. The van der Waals surface area contributed by atoms with Gasteiger partial charge in [-0.1, -0.05) is 91.5 Å². The molecule has 0 heterocycles. The average Bonchev–Trinajstić information content (AvgIpc) is 2.81. The molecule has 0 aromatic heterocycles. The van der Waals surface area contributed by atoms with E-state index < -0.39 is 12.1 Å². The molecule has 0 amide bonds. The minimum Gasteiger partial charge on any atom is -0.449 e. The van der Waals surface area contributed by atoms with Gasteiger partial charge in [0, 0.05) is 22.3 Å². The second-order valence-corrected chi connectivity index (χ2v) is 7.24.